The molecule has 0 saturated heterocycles. The highest BCUT2D eigenvalue weighted by Gasteiger charge is 2.18. The van der Waals surface area contributed by atoms with Gasteiger partial charge in [0.15, 0.2) is 6.04 Å². The number of nitrogens with zero attached hydrogens (tertiary/aromatic N) is 2. The number of aliphatic carboxylic acids is 1. The highest BCUT2D eigenvalue weighted by atomic mass is 35.5. The molecule has 0 aliphatic carbocycles. The highest BCUT2D eigenvalue weighted by molar-refractivity contribution is 6.18. The Kier molecular flexibility index (Phi) is 7.75. The van der Waals surface area contributed by atoms with Gasteiger partial charge in [0, 0.05) is 42.3 Å². The Bertz CT molecular complexity index is 745. The van der Waals surface area contributed by atoms with Gasteiger partial charge in [-0.2, -0.15) is 0 Å². The number of benzene rings is 2. The van der Waals surface area contributed by atoms with Crippen LogP contribution in [0.5, 0.6) is 5.75 Å². The number of aliphatic imine (C=N–C) groups is 1. The molecule has 0 radical (unpaired) electrons. The summed E-state index contributed by atoms with van der Waals surface area (Å²) < 4.78 is 0. The second kappa shape index (κ2) is 10.0. The standard InChI is InChI=1S/C19H20Cl2N2O3/c20-9-11-23(12-10-21)16-7-5-14(6-8-16)18(19(25)26)22-13-15-3-1-2-4-17(15)24/h1-8,13,18,24H,9-12H2,(H,25,26). The molecule has 1 atom stereocenters. The Hall–Kier alpha value is -2.24. The number of aromatic hydroxyl groups is 1. The van der Waals surface area contributed by atoms with Crippen molar-refractivity contribution in [2.45, 2.75) is 6.04 Å². The van der Waals surface area contributed by atoms with E-state index in [1.54, 1.807) is 30.3 Å². The molecule has 5 nitrogen and oxygen atoms in total. The molecule has 2 aromatic carbocycles. The minimum atomic E-state index is -1.07. The number of hydrogen-bond acceptors (Lipinski definition) is 4. The fourth-order valence-electron chi connectivity index (χ4n) is 2.49. The molecule has 2 rings (SSSR count). The Morgan fingerprint density at radius 1 is 1.08 bits per heavy atom. The average molecular weight is 395 g/mol. The molecule has 0 heterocycles. The number of carboxylic acids is 1. The maximum Gasteiger partial charge on any atom is 0.333 e. The average Bonchev–Trinajstić information content (AvgIpc) is 2.63. The van der Waals surface area contributed by atoms with Gasteiger partial charge in [0.1, 0.15) is 5.75 Å². The number of halogens is 2. The summed E-state index contributed by atoms with van der Waals surface area (Å²) >= 11 is 11.6. The smallest absolute Gasteiger partial charge is 0.333 e. The van der Waals surface area contributed by atoms with Crippen LogP contribution < -0.4 is 4.90 Å². The van der Waals surface area contributed by atoms with Crippen molar-refractivity contribution in [1.82, 2.24) is 0 Å². The van der Waals surface area contributed by atoms with Crippen molar-refractivity contribution in [3.8, 4) is 5.75 Å². The Balaban J connectivity index is 2.22. The van der Waals surface area contributed by atoms with Crippen LogP contribution in [0.4, 0.5) is 5.69 Å². The first-order chi connectivity index (χ1) is 12.6. The van der Waals surface area contributed by atoms with Gasteiger partial charge in [-0.05, 0) is 29.8 Å². The fraction of sp³-hybridized carbons (Fsp3) is 0.263. The largest absolute Gasteiger partial charge is 0.507 e. The van der Waals surface area contributed by atoms with Crippen molar-refractivity contribution in [2.75, 3.05) is 29.7 Å². The molecule has 0 aliphatic heterocycles. The molecular formula is C19H20Cl2N2O3. The third kappa shape index (κ3) is 5.38. The summed E-state index contributed by atoms with van der Waals surface area (Å²) in [4.78, 5) is 17.8. The van der Waals surface area contributed by atoms with Crippen LogP contribution in [-0.2, 0) is 4.79 Å². The fourth-order valence-corrected chi connectivity index (χ4v) is 2.89. The third-order valence-corrected chi connectivity index (χ3v) is 4.15. The normalized spacial score (nSPS) is 12.2. The molecule has 1 unspecified atom stereocenters. The van der Waals surface area contributed by atoms with E-state index in [0.717, 1.165) is 5.69 Å². The number of phenolic OH excluding ortho intramolecular Hbond substituents is 1. The van der Waals surface area contributed by atoms with Crippen LogP contribution in [0, 0.1) is 0 Å². The summed E-state index contributed by atoms with van der Waals surface area (Å²) in [5.74, 6) is -0.0704. The highest BCUT2D eigenvalue weighted by Crippen LogP contribution is 2.23. The second-order valence-electron chi connectivity index (χ2n) is 5.53. The predicted molar refractivity (Wildman–Crippen MR) is 106 cm³/mol. The number of anilines is 1. The number of hydrogen-bond donors (Lipinski definition) is 2. The van der Waals surface area contributed by atoms with Crippen molar-refractivity contribution in [1.29, 1.82) is 0 Å². The summed E-state index contributed by atoms with van der Waals surface area (Å²) in [6.07, 6.45) is 1.37. The summed E-state index contributed by atoms with van der Waals surface area (Å²) in [6, 6.07) is 12.7. The summed E-state index contributed by atoms with van der Waals surface area (Å²) in [6.45, 7) is 1.31. The third-order valence-electron chi connectivity index (χ3n) is 3.82. The first-order valence-corrected chi connectivity index (χ1v) is 9.14. The lowest BCUT2D eigenvalue weighted by atomic mass is 10.1. The topological polar surface area (TPSA) is 73.1 Å². The molecule has 2 aromatic rings. The van der Waals surface area contributed by atoms with Crippen LogP contribution in [0.3, 0.4) is 0 Å². The number of para-hydroxylation sites is 1. The van der Waals surface area contributed by atoms with Crippen LogP contribution in [-0.4, -0.2) is 47.2 Å². The molecule has 0 aromatic heterocycles. The molecule has 0 fully saturated rings. The maximum absolute atomic E-state index is 11.6. The number of phenols is 1. The number of carboxylic acid groups (broad SMARTS) is 1. The van der Waals surface area contributed by atoms with Gasteiger partial charge < -0.3 is 15.1 Å². The van der Waals surface area contributed by atoms with E-state index >= 15 is 0 Å². The molecule has 0 amide bonds. The van der Waals surface area contributed by atoms with Crippen molar-refractivity contribution in [3.63, 3.8) is 0 Å². The molecule has 0 saturated carbocycles. The Morgan fingerprint density at radius 3 is 2.23 bits per heavy atom. The molecule has 0 aliphatic rings. The predicted octanol–water partition coefficient (Wildman–Crippen LogP) is 3.92. The SMILES string of the molecule is O=C(O)C(N=Cc1ccccc1O)c1ccc(N(CCCl)CCCl)cc1. The number of rotatable bonds is 9. The van der Waals surface area contributed by atoms with Crippen LogP contribution in [0.2, 0.25) is 0 Å². The lowest BCUT2D eigenvalue weighted by molar-refractivity contribution is -0.138. The van der Waals surface area contributed by atoms with Gasteiger partial charge in [-0.15, -0.1) is 23.2 Å². The van der Waals surface area contributed by atoms with Gasteiger partial charge in [-0.1, -0.05) is 24.3 Å². The van der Waals surface area contributed by atoms with Crippen LogP contribution in [0.1, 0.15) is 17.2 Å². The minimum absolute atomic E-state index is 0.0496. The number of carbonyl (C=O) groups is 1. The van der Waals surface area contributed by atoms with E-state index in [1.807, 2.05) is 17.0 Å². The lowest BCUT2D eigenvalue weighted by Gasteiger charge is -2.23. The van der Waals surface area contributed by atoms with E-state index in [2.05, 4.69) is 4.99 Å². The van der Waals surface area contributed by atoms with Gasteiger partial charge in [0.25, 0.3) is 0 Å². The molecule has 0 bridgehead atoms. The second-order valence-corrected chi connectivity index (χ2v) is 6.29. The van der Waals surface area contributed by atoms with Crippen LogP contribution >= 0.6 is 23.2 Å². The van der Waals surface area contributed by atoms with Crippen molar-refractivity contribution in [3.05, 3.63) is 59.7 Å². The van der Waals surface area contributed by atoms with Crippen LogP contribution in [0.25, 0.3) is 0 Å². The molecule has 138 valence electrons. The zero-order valence-electron chi connectivity index (χ0n) is 14.1. The van der Waals surface area contributed by atoms with Crippen molar-refractivity contribution in [2.24, 2.45) is 4.99 Å². The van der Waals surface area contributed by atoms with E-state index in [4.69, 9.17) is 23.2 Å². The Labute approximate surface area is 162 Å². The van der Waals surface area contributed by atoms with Crippen molar-refractivity contribution < 1.29 is 15.0 Å². The van der Waals surface area contributed by atoms with E-state index < -0.39 is 12.0 Å². The number of alkyl halides is 2. The van der Waals surface area contributed by atoms with E-state index in [9.17, 15) is 15.0 Å². The lowest BCUT2D eigenvalue weighted by Crippen LogP contribution is -2.27. The molecular weight excluding hydrogens is 375 g/mol. The first kappa shape index (κ1) is 20.1. The van der Waals surface area contributed by atoms with E-state index in [0.29, 0.717) is 36.0 Å². The summed E-state index contributed by atoms with van der Waals surface area (Å²) in [5.41, 5.74) is 1.93. The molecule has 0 spiro atoms. The van der Waals surface area contributed by atoms with Crippen molar-refractivity contribution >= 4 is 41.1 Å². The van der Waals surface area contributed by atoms with Gasteiger partial charge in [0.2, 0.25) is 0 Å². The monoisotopic (exact) mass is 394 g/mol. The Morgan fingerprint density at radius 2 is 1.69 bits per heavy atom. The summed E-state index contributed by atoms with van der Waals surface area (Å²) in [5, 5.41) is 19.3. The quantitative estimate of drug-likeness (QED) is 0.499. The molecule has 7 heteroatoms. The first-order valence-electron chi connectivity index (χ1n) is 8.07. The van der Waals surface area contributed by atoms with Gasteiger partial charge in [0.05, 0.1) is 0 Å². The van der Waals surface area contributed by atoms with Gasteiger partial charge >= 0.3 is 5.97 Å². The maximum atomic E-state index is 11.6. The molecule has 26 heavy (non-hydrogen) atoms. The van der Waals surface area contributed by atoms with Crippen LogP contribution in [0.15, 0.2) is 53.5 Å². The zero-order valence-corrected chi connectivity index (χ0v) is 15.6. The molecule has 2 N–H and O–H groups in total. The van der Waals surface area contributed by atoms with E-state index in [1.165, 1.54) is 12.3 Å². The minimum Gasteiger partial charge on any atom is -0.507 e. The summed E-state index contributed by atoms with van der Waals surface area (Å²) in [7, 11) is 0. The van der Waals surface area contributed by atoms with Gasteiger partial charge in [-0.3, -0.25) is 4.99 Å². The zero-order chi connectivity index (χ0) is 18.9. The van der Waals surface area contributed by atoms with Gasteiger partial charge in [-0.25, -0.2) is 4.79 Å². The van der Waals surface area contributed by atoms with E-state index in [-0.39, 0.29) is 5.75 Å².